The van der Waals surface area contributed by atoms with Crippen LogP contribution in [-0.2, 0) is 28.4 Å². The summed E-state index contributed by atoms with van der Waals surface area (Å²) in [6.45, 7) is 5.88. The minimum Gasteiger partial charge on any atom is -0.465 e. The topological polar surface area (TPSA) is 91.2 Å². The molecule has 0 N–H and O–H groups in total. The van der Waals surface area contributed by atoms with Crippen LogP contribution in [0.3, 0.4) is 0 Å². The maximum absolute atomic E-state index is 12.3. The summed E-state index contributed by atoms with van der Waals surface area (Å²) in [5, 5.41) is 0.570. The highest BCUT2D eigenvalue weighted by molar-refractivity contribution is 6.30. The van der Waals surface area contributed by atoms with Crippen molar-refractivity contribution < 1.29 is 23.7 Å². The summed E-state index contributed by atoms with van der Waals surface area (Å²) in [5.74, 6) is 1.11. The molecule has 3 fully saturated rings. The first-order valence-corrected chi connectivity index (χ1v) is 15.6. The van der Waals surface area contributed by atoms with Crippen LogP contribution in [0, 0.1) is 0 Å². The van der Waals surface area contributed by atoms with Crippen LogP contribution in [0.25, 0.3) is 11.0 Å². The first-order valence-electron chi connectivity index (χ1n) is 15.2. The molecule has 0 amide bonds. The van der Waals surface area contributed by atoms with Crippen molar-refractivity contribution in [3.8, 4) is 11.5 Å². The number of pyridine rings is 1. The predicted octanol–water partition coefficient (Wildman–Crippen LogP) is 5.16. The number of methoxy groups -OCH3 is 1. The van der Waals surface area contributed by atoms with Gasteiger partial charge in [0, 0.05) is 44.9 Å². The third-order valence-corrected chi connectivity index (χ3v) is 9.76. The molecular weight excluding hydrogens is 582 g/mol. The average molecular weight is 616 g/mol. The molecule has 4 aromatic rings. The molecule has 0 bridgehead atoms. The number of carbonyl (C=O) groups is 1. The van der Waals surface area contributed by atoms with E-state index in [1.807, 2.05) is 37.3 Å². The monoisotopic (exact) mass is 615 g/mol. The zero-order valence-electron chi connectivity index (χ0n) is 24.7. The molecule has 44 heavy (non-hydrogen) atoms. The average Bonchev–Trinajstić information content (AvgIpc) is 3.52. The Hall–Kier alpha value is -3.86. The molecule has 11 heteroatoms. The van der Waals surface area contributed by atoms with E-state index in [4.69, 9.17) is 35.5 Å². The van der Waals surface area contributed by atoms with Gasteiger partial charge in [-0.3, -0.25) is 9.88 Å². The highest BCUT2D eigenvalue weighted by Gasteiger charge is 2.47. The number of para-hydroxylation sites is 1. The number of hydrogen-bond donors (Lipinski definition) is 0. The molecule has 1 saturated carbocycles. The third-order valence-electron chi connectivity index (χ3n) is 9.53. The number of piperazine rings is 1. The Kier molecular flexibility index (Phi) is 6.69. The molecule has 2 aromatic carbocycles. The van der Waals surface area contributed by atoms with Crippen LogP contribution in [0.15, 0.2) is 54.7 Å². The molecule has 4 aliphatic rings. The van der Waals surface area contributed by atoms with Crippen LogP contribution in [-0.4, -0.2) is 70.4 Å². The first kappa shape index (κ1) is 27.7. The number of nitrogens with zero attached hydrogens (tertiary/aromatic N) is 5. The molecule has 5 heterocycles. The van der Waals surface area contributed by atoms with Gasteiger partial charge >= 0.3 is 5.97 Å². The van der Waals surface area contributed by atoms with Gasteiger partial charge in [0.2, 0.25) is 0 Å². The standard InChI is InChI=1S/C33H34ClN5O5/c1-33(29-11-7-21(34)17-35-29)43-28-5-3-4-26(31(28)44-33)38-14-13-37(24-9-10-25(24)38)19-30-36-23-8-6-20(32(40)41-2)16-27(23)39(30)18-22-12-15-42-22/h3-8,11,16-17,22,24-25H,9-10,12-15,18-19H2,1-2H3/t22-,24-,25-,33?/m0/s1. The molecule has 228 valence electrons. The number of carbonyl (C=O) groups excluding carboxylic acids is 1. The number of halogens is 1. The number of hydrogen-bond acceptors (Lipinski definition) is 9. The Morgan fingerprint density at radius 3 is 2.68 bits per heavy atom. The van der Waals surface area contributed by atoms with Gasteiger partial charge < -0.3 is 28.4 Å². The number of fused-ring (bicyclic) bond motifs is 3. The molecular formula is C33H34ClN5O5. The van der Waals surface area contributed by atoms with Gasteiger partial charge in [-0.2, -0.15) is 0 Å². The highest BCUT2D eigenvalue weighted by atomic mass is 35.5. The van der Waals surface area contributed by atoms with Crippen molar-refractivity contribution >= 4 is 34.3 Å². The van der Waals surface area contributed by atoms with Gasteiger partial charge in [0.05, 0.1) is 53.6 Å². The number of benzene rings is 2. The summed E-state index contributed by atoms with van der Waals surface area (Å²) in [7, 11) is 1.41. The van der Waals surface area contributed by atoms with E-state index in [1.165, 1.54) is 7.11 Å². The third kappa shape index (κ3) is 4.58. The van der Waals surface area contributed by atoms with Crippen molar-refractivity contribution in [2.75, 3.05) is 31.7 Å². The minimum atomic E-state index is -1.03. The Balaban J connectivity index is 1.04. The summed E-state index contributed by atoms with van der Waals surface area (Å²) in [5.41, 5.74) is 4.08. The normalized spacial score (nSPS) is 25.8. The number of imidazole rings is 1. The molecule has 2 saturated heterocycles. The van der Waals surface area contributed by atoms with Gasteiger partial charge in [-0.25, -0.2) is 9.78 Å². The SMILES string of the molecule is COC(=O)c1ccc2nc(CN3CCN(c4cccc5c4OC(C)(c4ccc(Cl)cn4)O5)[C@H]4CC[C@@H]43)n(C[C@@H]3CCO3)c2c1. The molecule has 0 spiro atoms. The molecule has 3 aliphatic heterocycles. The molecule has 2 aromatic heterocycles. The Bertz CT molecular complexity index is 1740. The fourth-order valence-electron chi connectivity index (χ4n) is 6.96. The summed E-state index contributed by atoms with van der Waals surface area (Å²) in [4.78, 5) is 26.9. The fourth-order valence-corrected chi connectivity index (χ4v) is 7.07. The van der Waals surface area contributed by atoms with E-state index in [9.17, 15) is 4.79 Å². The van der Waals surface area contributed by atoms with Crippen LogP contribution in [0.2, 0.25) is 5.02 Å². The van der Waals surface area contributed by atoms with Crippen LogP contribution < -0.4 is 14.4 Å². The molecule has 0 radical (unpaired) electrons. The molecule has 8 rings (SSSR count). The van der Waals surface area contributed by atoms with Gasteiger partial charge in [0.15, 0.2) is 11.5 Å². The Morgan fingerprint density at radius 1 is 1.09 bits per heavy atom. The van der Waals surface area contributed by atoms with Crippen molar-refractivity contribution in [3.05, 3.63) is 76.8 Å². The van der Waals surface area contributed by atoms with E-state index in [0.29, 0.717) is 28.4 Å². The van der Waals surface area contributed by atoms with Crippen molar-refractivity contribution in [1.82, 2.24) is 19.4 Å². The second-order valence-corrected chi connectivity index (χ2v) is 12.5. The molecule has 10 nitrogen and oxygen atoms in total. The lowest BCUT2D eigenvalue weighted by Gasteiger charge is -2.54. The minimum absolute atomic E-state index is 0.164. The number of rotatable bonds is 7. The van der Waals surface area contributed by atoms with Crippen LogP contribution in [0.4, 0.5) is 5.69 Å². The summed E-state index contributed by atoms with van der Waals surface area (Å²) in [6.07, 6.45) is 5.04. The number of esters is 1. The first-order chi connectivity index (χ1) is 21.4. The van der Waals surface area contributed by atoms with E-state index in [1.54, 1.807) is 18.3 Å². The zero-order valence-corrected chi connectivity index (χ0v) is 25.5. The van der Waals surface area contributed by atoms with E-state index in [0.717, 1.165) is 86.1 Å². The lowest BCUT2D eigenvalue weighted by atomic mass is 9.81. The molecule has 4 atom stereocenters. The fraction of sp³-hybridized carbons (Fsp3) is 0.424. The van der Waals surface area contributed by atoms with E-state index in [-0.39, 0.29) is 12.1 Å². The van der Waals surface area contributed by atoms with Crippen LogP contribution >= 0.6 is 11.6 Å². The predicted molar refractivity (Wildman–Crippen MR) is 164 cm³/mol. The summed E-state index contributed by atoms with van der Waals surface area (Å²) >= 11 is 6.08. The maximum atomic E-state index is 12.3. The van der Waals surface area contributed by atoms with Gasteiger partial charge in [-0.05, 0) is 61.7 Å². The molecule has 1 unspecified atom stereocenters. The summed E-state index contributed by atoms with van der Waals surface area (Å²) in [6, 6.07) is 16.1. The van der Waals surface area contributed by atoms with Crippen LogP contribution in [0.5, 0.6) is 11.5 Å². The number of aromatic nitrogens is 3. The van der Waals surface area contributed by atoms with Gasteiger partial charge in [-0.1, -0.05) is 17.7 Å². The van der Waals surface area contributed by atoms with Crippen LogP contribution in [0.1, 0.15) is 48.1 Å². The number of ether oxygens (including phenoxy) is 4. The number of anilines is 1. The zero-order chi connectivity index (χ0) is 30.0. The van der Waals surface area contributed by atoms with Gasteiger partial charge in [0.25, 0.3) is 5.79 Å². The lowest BCUT2D eigenvalue weighted by Crippen LogP contribution is -2.64. The lowest BCUT2D eigenvalue weighted by molar-refractivity contribution is -0.0717. The maximum Gasteiger partial charge on any atom is 0.337 e. The Morgan fingerprint density at radius 2 is 1.95 bits per heavy atom. The highest BCUT2D eigenvalue weighted by Crippen LogP contribution is 2.51. The van der Waals surface area contributed by atoms with Gasteiger partial charge in [0.1, 0.15) is 11.5 Å². The smallest absolute Gasteiger partial charge is 0.337 e. The van der Waals surface area contributed by atoms with Crippen molar-refractivity contribution in [2.45, 2.75) is 63.3 Å². The van der Waals surface area contributed by atoms with E-state index < -0.39 is 5.79 Å². The van der Waals surface area contributed by atoms with Crippen molar-refractivity contribution in [3.63, 3.8) is 0 Å². The largest absolute Gasteiger partial charge is 0.465 e. The summed E-state index contributed by atoms with van der Waals surface area (Å²) < 4.78 is 25.9. The second kappa shape index (κ2) is 10.6. The quantitative estimate of drug-likeness (QED) is 0.262. The van der Waals surface area contributed by atoms with E-state index >= 15 is 0 Å². The second-order valence-electron chi connectivity index (χ2n) is 12.1. The van der Waals surface area contributed by atoms with Crippen molar-refractivity contribution in [1.29, 1.82) is 0 Å². The Labute approximate surface area is 260 Å². The molecule has 1 aliphatic carbocycles. The van der Waals surface area contributed by atoms with Crippen molar-refractivity contribution in [2.24, 2.45) is 0 Å². The van der Waals surface area contributed by atoms with Gasteiger partial charge in [-0.15, -0.1) is 0 Å². The van der Waals surface area contributed by atoms with E-state index in [2.05, 4.69) is 25.4 Å².